The topological polar surface area (TPSA) is 84.7 Å². The van der Waals surface area contributed by atoms with E-state index in [-0.39, 0.29) is 11.3 Å². The molecule has 0 unspecified atom stereocenters. The number of hydrogen-bond donors (Lipinski definition) is 1. The van der Waals surface area contributed by atoms with Crippen molar-refractivity contribution in [2.24, 2.45) is 0 Å². The van der Waals surface area contributed by atoms with Crippen molar-refractivity contribution >= 4 is 11.6 Å². The molecule has 0 bridgehead atoms. The standard InChI is InChI=1S/C17H22F3N3O4/c18-17(19,20)12-27-13-5-6-15(23(25)26)14(11-13)16(24)21-7-10-22-8-3-1-2-4-9-22/h5-6,11H,1-4,7-10,12H2,(H,21,24). The lowest BCUT2D eigenvalue weighted by molar-refractivity contribution is -0.385. The van der Waals surface area contributed by atoms with Gasteiger partial charge in [0.2, 0.25) is 0 Å². The summed E-state index contributed by atoms with van der Waals surface area (Å²) in [5.41, 5.74) is -0.808. The van der Waals surface area contributed by atoms with Crippen LogP contribution >= 0.6 is 0 Å². The first-order valence-electron chi connectivity index (χ1n) is 8.75. The first kappa shape index (κ1) is 20.9. The quantitative estimate of drug-likeness (QED) is 0.572. The molecule has 1 amide bonds. The smallest absolute Gasteiger partial charge is 0.422 e. The summed E-state index contributed by atoms with van der Waals surface area (Å²) in [4.78, 5) is 24.9. The highest BCUT2D eigenvalue weighted by atomic mass is 19.4. The van der Waals surface area contributed by atoms with Gasteiger partial charge in [-0.05, 0) is 38.1 Å². The predicted octanol–water partition coefficient (Wildman–Crippen LogP) is 3.14. The van der Waals surface area contributed by atoms with Crippen LogP contribution in [0.4, 0.5) is 18.9 Å². The van der Waals surface area contributed by atoms with E-state index in [4.69, 9.17) is 0 Å². The molecule has 1 aliphatic rings. The average Bonchev–Trinajstić information content (AvgIpc) is 2.87. The highest BCUT2D eigenvalue weighted by Gasteiger charge is 2.29. The summed E-state index contributed by atoms with van der Waals surface area (Å²) in [6.07, 6.45) is 0.00686. The SMILES string of the molecule is O=C(NCCN1CCCCCC1)c1cc(OCC(F)(F)F)ccc1[N+](=O)[O-]. The summed E-state index contributed by atoms with van der Waals surface area (Å²) in [5, 5.41) is 13.7. The van der Waals surface area contributed by atoms with Gasteiger partial charge in [-0.1, -0.05) is 12.8 Å². The van der Waals surface area contributed by atoms with Gasteiger partial charge in [0.1, 0.15) is 11.3 Å². The molecule has 150 valence electrons. The van der Waals surface area contributed by atoms with Crippen LogP contribution in [-0.2, 0) is 0 Å². The monoisotopic (exact) mass is 389 g/mol. The van der Waals surface area contributed by atoms with Gasteiger partial charge in [0.05, 0.1) is 4.92 Å². The van der Waals surface area contributed by atoms with Crippen molar-refractivity contribution in [2.75, 3.05) is 32.8 Å². The zero-order valence-electron chi connectivity index (χ0n) is 14.8. The summed E-state index contributed by atoms with van der Waals surface area (Å²) < 4.78 is 41.4. The molecule has 1 fully saturated rings. The van der Waals surface area contributed by atoms with Gasteiger partial charge in [0, 0.05) is 19.2 Å². The Bertz CT molecular complexity index is 659. The van der Waals surface area contributed by atoms with Crippen molar-refractivity contribution in [1.82, 2.24) is 10.2 Å². The average molecular weight is 389 g/mol. The second-order valence-corrected chi connectivity index (χ2v) is 6.35. The first-order chi connectivity index (χ1) is 12.8. The number of likely N-dealkylation sites (tertiary alicyclic amines) is 1. The normalized spacial score (nSPS) is 15.8. The molecule has 1 saturated heterocycles. The van der Waals surface area contributed by atoms with Gasteiger partial charge in [-0.2, -0.15) is 13.2 Å². The molecule has 1 aromatic rings. The van der Waals surface area contributed by atoms with Gasteiger partial charge in [-0.3, -0.25) is 14.9 Å². The molecule has 1 heterocycles. The number of nitro benzene ring substituents is 1. The number of hydrogen-bond acceptors (Lipinski definition) is 5. The number of nitro groups is 1. The van der Waals surface area contributed by atoms with Gasteiger partial charge in [0.25, 0.3) is 11.6 Å². The number of nitrogens with one attached hydrogen (secondary N) is 1. The van der Waals surface area contributed by atoms with E-state index in [1.54, 1.807) is 0 Å². The van der Waals surface area contributed by atoms with E-state index in [2.05, 4.69) is 15.0 Å². The van der Waals surface area contributed by atoms with E-state index in [1.165, 1.54) is 12.8 Å². The summed E-state index contributed by atoms with van der Waals surface area (Å²) in [6.45, 7) is 1.25. The number of nitrogens with zero attached hydrogens (tertiary/aromatic N) is 2. The molecule has 10 heteroatoms. The fraction of sp³-hybridized carbons (Fsp3) is 0.588. The predicted molar refractivity (Wildman–Crippen MR) is 91.9 cm³/mol. The molecule has 2 rings (SSSR count). The second-order valence-electron chi connectivity index (χ2n) is 6.35. The Morgan fingerprint density at radius 3 is 2.48 bits per heavy atom. The fourth-order valence-electron chi connectivity index (χ4n) is 2.89. The molecule has 0 saturated carbocycles. The highest BCUT2D eigenvalue weighted by Crippen LogP contribution is 2.25. The third kappa shape index (κ3) is 7.05. The van der Waals surface area contributed by atoms with E-state index in [0.717, 1.165) is 44.1 Å². The number of rotatable bonds is 7. The van der Waals surface area contributed by atoms with E-state index >= 15 is 0 Å². The second kappa shape index (κ2) is 9.54. The molecule has 0 aromatic heterocycles. The largest absolute Gasteiger partial charge is 0.484 e. The maximum atomic E-state index is 12.3. The molecule has 27 heavy (non-hydrogen) atoms. The van der Waals surface area contributed by atoms with Crippen molar-refractivity contribution in [3.05, 3.63) is 33.9 Å². The summed E-state index contributed by atoms with van der Waals surface area (Å²) >= 11 is 0. The molecule has 0 radical (unpaired) electrons. The van der Waals surface area contributed by atoms with Crippen LogP contribution < -0.4 is 10.1 Å². The minimum Gasteiger partial charge on any atom is -0.484 e. The molecular weight excluding hydrogens is 367 g/mol. The molecule has 7 nitrogen and oxygen atoms in total. The van der Waals surface area contributed by atoms with Gasteiger partial charge < -0.3 is 15.0 Å². The Hall–Kier alpha value is -2.36. The zero-order valence-corrected chi connectivity index (χ0v) is 14.8. The summed E-state index contributed by atoms with van der Waals surface area (Å²) in [5.74, 6) is -0.968. The lowest BCUT2D eigenvalue weighted by Crippen LogP contribution is -2.35. The third-order valence-corrected chi connectivity index (χ3v) is 4.22. The minimum absolute atomic E-state index is 0.254. The maximum Gasteiger partial charge on any atom is 0.422 e. The van der Waals surface area contributed by atoms with Crippen LogP contribution in [-0.4, -0.2) is 54.7 Å². The summed E-state index contributed by atoms with van der Waals surface area (Å²) in [7, 11) is 0. The molecule has 1 aromatic carbocycles. The number of benzene rings is 1. The Labute approximate surface area is 154 Å². The first-order valence-corrected chi connectivity index (χ1v) is 8.75. The molecule has 1 N–H and O–H groups in total. The van der Waals surface area contributed by atoms with Crippen LogP contribution in [0.3, 0.4) is 0 Å². The molecular formula is C17H22F3N3O4. The number of carbonyl (C=O) groups is 1. The van der Waals surface area contributed by atoms with Crippen LogP contribution in [0.2, 0.25) is 0 Å². The number of halogens is 3. The van der Waals surface area contributed by atoms with Crippen molar-refractivity contribution in [2.45, 2.75) is 31.9 Å². The number of amides is 1. The lowest BCUT2D eigenvalue weighted by atomic mass is 10.1. The Morgan fingerprint density at radius 1 is 1.22 bits per heavy atom. The number of ether oxygens (including phenoxy) is 1. The number of carbonyl (C=O) groups excluding carboxylic acids is 1. The van der Waals surface area contributed by atoms with Crippen LogP contribution in [0.25, 0.3) is 0 Å². The van der Waals surface area contributed by atoms with E-state index in [1.807, 2.05) is 0 Å². The van der Waals surface area contributed by atoms with Crippen LogP contribution in [0, 0.1) is 10.1 Å². The van der Waals surface area contributed by atoms with Crippen molar-refractivity contribution in [3.8, 4) is 5.75 Å². The Morgan fingerprint density at radius 2 is 1.89 bits per heavy atom. The third-order valence-electron chi connectivity index (χ3n) is 4.22. The zero-order chi connectivity index (χ0) is 19.9. The molecule has 0 spiro atoms. The van der Waals surface area contributed by atoms with Crippen LogP contribution in [0.5, 0.6) is 5.75 Å². The Balaban J connectivity index is 2.00. The molecule has 0 aliphatic carbocycles. The lowest BCUT2D eigenvalue weighted by Gasteiger charge is -2.19. The van der Waals surface area contributed by atoms with Crippen LogP contribution in [0.15, 0.2) is 18.2 Å². The highest BCUT2D eigenvalue weighted by molar-refractivity contribution is 5.98. The van der Waals surface area contributed by atoms with E-state index < -0.39 is 29.3 Å². The van der Waals surface area contributed by atoms with Gasteiger partial charge in [-0.15, -0.1) is 0 Å². The molecule has 1 aliphatic heterocycles. The van der Waals surface area contributed by atoms with Gasteiger partial charge in [-0.25, -0.2) is 0 Å². The number of alkyl halides is 3. The van der Waals surface area contributed by atoms with E-state index in [0.29, 0.717) is 13.1 Å². The van der Waals surface area contributed by atoms with Crippen molar-refractivity contribution in [1.29, 1.82) is 0 Å². The summed E-state index contributed by atoms with van der Waals surface area (Å²) in [6, 6.07) is 2.97. The van der Waals surface area contributed by atoms with Gasteiger partial charge >= 0.3 is 6.18 Å². The minimum atomic E-state index is -4.54. The van der Waals surface area contributed by atoms with Crippen LogP contribution in [0.1, 0.15) is 36.0 Å². The Kier molecular flexibility index (Phi) is 7.40. The van der Waals surface area contributed by atoms with Crippen molar-refractivity contribution in [3.63, 3.8) is 0 Å². The maximum absolute atomic E-state index is 12.3. The van der Waals surface area contributed by atoms with E-state index in [9.17, 15) is 28.1 Å². The van der Waals surface area contributed by atoms with Crippen molar-refractivity contribution < 1.29 is 27.6 Å². The fourth-order valence-corrected chi connectivity index (χ4v) is 2.89. The van der Waals surface area contributed by atoms with Gasteiger partial charge in [0.15, 0.2) is 6.61 Å². The molecule has 0 atom stereocenters.